The number of rotatable bonds is 3. The number of ether oxygens (including phenoxy) is 1. The summed E-state index contributed by atoms with van der Waals surface area (Å²) in [5, 5.41) is 13.6. The summed E-state index contributed by atoms with van der Waals surface area (Å²) in [4.78, 5) is 11.6. The van der Waals surface area contributed by atoms with Crippen LogP contribution in [-0.2, 0) is 11.3 Å². The summed E-state index contributed by atoms with van der Waals surface area (Å²) in [7, 11) is 0. The number of anilines is 1. The van der Waals surface area contributed by atoms with E-state index in [1.54, 1.807) is 0 Å². The molecule has 0 aliphatic heterocycles. The molecule has 1 aromatic heterocycles. The monoisotopic (exact) mass is 276 g/mol. The van der Waals surface area contributed by atoms with Gasteiger partial charge in [-0.1, -0.05) is 30.3 Å². The lowest BCUT2D eigenvalue weighted by atomic mass is 10.2. The van der Waals surface area contributed by atoms with Gasteiger partial charge in [-0.05, 0) is 5.56 Å². The number of hydrogen-bond acceptors (Lipinski definition) is 3. The topological polar surface area (TPSA) is 65.3 Å². The van der Waals surface area contributed by atoms with Crippen molar-refractivity contribution >= 4 is 11.8 Å². The van der Waals surface area contributed by atoms with Crippen molar-refractivity contribution in [2.24, 2.45) is 0 Å². The van der Waals surface area contributed by atoms with Crippen molar-refractivity contribution in [3.8, 4) is 0 Å². The average molecular weight is 276 g/mol. The Labute approximate surface area is 115 Å². The highest BCUT2D eigenvalue weighted by molar-refractivity contribution is 5.84. The largest absolute Gasteiger partial charge is 0.618 e. The predicted octanol–water partition coefficient (Wildman–Crippen LogP) is 2.52. The number of hydrogen-bond donors (Lipinski definition) is 1. The number of pyridine rings is 1. The number of halogens is 1. The van der Waals surface area contributed by atoms with Crippen LogP contribution in [-0.4, -0.2) is 6.09 Å². The van der Waals surface area contributed by atoms with Gasteiger partial charge in [-0.15, -0.1) is 0 Å². The lowest BCUT2D eigenvalue weighted by molar-refractivity contribution is -0.613. The van der Waals surface area contributed by atoms with Crippen LogP contribution in [0.2, 0.25) is 0 Å². The third-order valence-corrected chi connectivity index (χ3v) is 2.69. The highest BCUT2D eigenvalue weighted by Gasteiger charge is 2.13. The van der Waals surface area contributed by atoms with Crippen LogP contribution in [0, 0.1) is 17.9 Å². The number of amides is 1. The Bertz CT molecular complexity index is 617. The van der Waals surface area contributed by atoms with Crippen LogP contribution in [0.3, 0.4) is 0 Å². The van der Waals surface area contributed by atoms with Gasteiger partial charge >= 0.3 is 6.09 Å². The van der Waals surface area contributed by atoms with Crippen LogP contribution < -0.4 is 10.0 Å². The Hall–Kier alpha value is -2.63. The summed E-state index contributed by atoms with van der Waals surface area (Å²) in [6, 6.07) is 10.2. The van der Waals surface area contributed by atoms with Gasteiger partial charge in [-0.2, -0.15) is 4.73 Å². The first-order valence-corrected chi connectivity index (χ1v) is 5.93. The van der Waals surface area contributed by atoms with E-state index in [0.29, 0.717) is 4.73 Å². The fraction of sp³-hybridized carbons (Fsp3) is 0.143. The third kappa shape index (κ3) is 3.44. The summed E-state index contributed by atoms with van der Waals surface area (Å²) >= 11 is 0. The van der Waals surface area contributed by atoms with Gasteiger partial charge in [0.1, 0.15) is 12.3 Å². The zero-order valence-electron chi connectivity index (χ0n) is 10.8. The van der Waals surface area contributed by atoms with Crippen molar-refractivity contribution in [2.75, 3.05) is 5.32 Å². The number of benzene rings is 1. The second kappa shape index (κ2) is 6.01. The van der Waals surface area contributed by atoms with E-state index >= 15 is 0 Å². The van der Waals surface area contributed by atoms with Crippen LogP contribution in [0.15, 0.2) is 42.6 Å². The van der Waals surface area contributed by atoms with Crippen LogP contribution in [0.25, 0.3) is 0 Å². The zero-order chi connectivity index (χ0) is 14.5. The number of aromatic nitrogens is 1. The molecule has 0 fully saturated rings. The SMILES string of the molecule is Cc1c(NC(=O)OCc2ccccc2)cc(F)c[n+]1[O-]. The Balaban J connectivity index is 1.98. The molecule has 0 radical (unpaired) electrons. The van der Waals surface area contributed by atoms with Crippen molar-refractivity contribution < 1.29 is 18.7 Å². The Morgan fingerprint density at radius 1 is 1.40 bits per heavy atom. The van der Waals surface area contributed by atoms with Gasteiger partial charge in [0.25, 0.3) is 0 Å². The first-order chi connectivity index (χ1) is 9.56. The smallest absolute Gasteiger partial charge is 0.412 e. The van der Waals surface area contributed by atoms with Crippen LogP contribution >= 0.6 is 0 Å². The Morgan fingerprint density at radius 3 is 2.80 bits per heavy atom. The molecule has 2 aromatic rings. The standard InChI is InChI=1S/C14H13FN2O3/c1-10-13(7-12(15)8-17(10)19)16-14(18)20-9-11-5-3-2-4-6-11/h2-8H,9H2,1H3,(H,16,18). The third-order valence-electron chi connectivity index (χ3n) is 2.69. The van der Waals surface area contributed by atoms with Gasteiger partial charge in [0.05, 0.1) is 0 Å². The molecule has 5 nitrogen and oxygen atoms in total. The van der Waals surface area contributed by atoms with Gasteiger partial charge in [-0.25, -0.2) is 9.18 Å². The Kier molecular flexibility index (Phi) is 4.14. The maximum absolute atomic E-state index is 13.1. The quantitative estimate of drug-likeness (QED) is 0.692. The summed E-state index contributed by atoms with van der Waals surface area (Å²) in [6.07, 6.45) is 0.0399. The van der Waals surface area contributed by atoms with Gasteiger partial charge in [-0.3, -0.25) is 5.32 Å². The summed E-state index contributed by atoms with van der Waals surface area (Å²) < 4.78 is 18.4. The van der Waals surface area contributed by atoms with Crippen molar-refractivity contribution in [2.45, 2.75) is 13.5 Å². The van der Waals surface area contributed by atoms with E-state index in [1.165, 1.54) is 6.92 Å². The minimum Gasteiger partial charge on any atom is -0.618 e. The van der Waals surface area contributed by atoms with Gasteiger partial charge in [0.15, 0.2) is 5.82 Å². The Morgan fingerprint density at radius 2 is 2.10 bits per heavy atom. The van der Waals surface area contributed by atoms with Crippen molar-refractivity contribution in [1.82, 2.24) is 0 Å². The highest BCUT2D eigenvalue weighted by Crippen LogP contribution is 2.12. The van der Waals surface area contributed by atoms with E-state index < -0.39 is 11.9 Å². The molecule has 6 heteroatoms. The molecule has 20 heavy (non-hydrogen) atoms. The number of carbonyl (C=O) groups excluding carboxylic acids is 1. The van der Waals surface area contributed by atoms with Gasteiger partial charge in [0.2, 0.25) is 11.9 Å². The first-order valence-electron chi connectivity index (χ1n) is 5.93. The number of nitrogens with one attached hydrogen (secondary N) is 1. The lowest BCUT2D eigenvalue weighted by Gasteiger charge is -2.09. The van der Waals surface area contributed by atoms with Crippen LogP contribution in [0.4, 0.5) is 14.9 Å². The molecule has 0 aliphatic carbocycles. The predicted molar refractivity (Wildman–Crippen MR) is 70.3 cm³/mol. The maximum atomic E-state index is 13.1. The fourth-order valence-electron chi connectivity index (χ4n) is 1.60. The zero-order valence-corrected chi connectivity index (χ0v) is 10.8. The van der Waals surface area contributed by atoms with E-state index in [9.17, 15) is 14.4 Å². The van der Waals surface area contributed by atoms with Crippen molar-refractivity contribution in [3.05, 3.63) is 64.9 Å². The van der Waals surface area contributed by atoms with E-state index in [1.807, 2.05) is 30.3 Å². The summed E-state index contributed by atoms with van der Waals surface area (Å²) in [6.45, 7) is 1.57. The molecule has 1 N–H and O–H groups in total. The van der Waals surface area contributed by atoms with E-state index in [4.69, 9.17) is 4.74 Å². The highest BCUT2D eigenvalue weighted by atomic mass is 19.1. The molecule has 1 amide bonds. The van der Waals surface area contributed by atoms with E-state index in [-0.39, 0.29) is 18.0 Å². The number of carbonyl (C=O) groups is 1. The molecular formula is C14H13FN2O3. The average Bonchev–Trinajstić information content (AvgIpc) is 2.43. The first kappa shape index (κ1) is 13.8. The maximum Gasteiger partial charge on any atom is 0.412 e. The van der Waals surface area contributed by atoms with Crippen LogP contribution in [0.1, 0.15) is 11.3 Å². The van der Waals surface area contributed by atoms with Gasteiger partial charge < -0.3 is 9.94 Å². The molecule has 1 heterocycles. The van der Waals surface area contributed by atoms with Crippen LogP contribution in [0.5, 0.6) is 0 Å². The second-order valence-electron chi connectivity index (χ2n) is 4.17. The van der Waals surface area contributed by atoms with Crippen molar-refractivity contribution in [3.63, 3.8) is 0 Å². The lowest BCUT2D eigenvalue weighted by Crippen LogP contribution is -2.32. The van der Waals surface area contributed by atoms with Gasteiger partial charge in [0, 0.05) is 13.0 Å². The second-order valence-corrected chi connectivity index (χ2v) is 4.17. The minimum atomic E-state index is -0.748. The molecule has 0 spiro atoms. The number of nitrogens with zero attached hydrogens (tertiary/aromatic N) is 1. The molecule has 104 valence electrons. The van der Waals surface area contributed by atoms with E-state index in [2.05, 4.69) is 5.32 Å². The molecule has 0 saturated heterocycles. The van der Waals surface area contributed by atoms with E-state index in [0.717, 1.165) is 17.8 Å². The molecule has 1 aromatic carbocycles. The molecule has 0 saturated carbocycles. The summed E-state index contributed by atoms with van der Waals surface area (Å²) in [5.41, 5.74) is 1.10. The molecular weight excluding hydrogens is 263 g/mol. The molecule has 0 unspecified atom stereocenters. The minimum absolute atomic E-state index is 0.0815. The molecule has 0 atom stereocenters. The molecule has 0 aliphatic rings. The fourth-order valence-corrected chi connectivity index (χ4v) is 1.60. The summed E-state index contributed by atoms with van der Waals surface area (Å²) in [5.74, 6) is -0.732. The molecule has 0 bridgehead atoms. The molecule has 2 rings (SSSR count). The van der Waals surface area contributed by atoms with Crippen molar-refractivity contribution in [1.29, 1.82) is 0 Å². The normalized spacial score (nSPS) is 10.1.